The summed E-state index contributed by atoms with van der Waals surface area (Å²) in [6, 6.07) is 10.3. The molecule has 0 radical (unpaired) electrons. The summed E-state index contributed by atoms with van der Waals surface area (Å²) in [5, 5.41) is 14.8. The van der Waals surface area contributed by atoms with Gasteiger partial charge in [0.2, 0.25) is 0 Å². The van der Waals surface area contributed by atoms with Crippen LogP contribution in [0, 0.1) is 18.3 Å². The molecule has 3 aromatic heterocycles. The van der Waals surface area contributed by atoms with E-state index >= 15 is 0 Å². The summed E-state index contributed by atoms with van der Waals surface area (Å²) in [4.78, 5) is 16.9. The standard InChI is InChI=1S/C28H28ClN7/c1-19-24-7-8-32-28(24)25(29)13-26(19)34-27-21(16-31-17-22(27)14-30)4-6-23-5-3-20(15-33-23)18-36-11-9-35(2)10-12-36/h3-8,13,15-17,32H,9-12,18H2,1-2H3,(H,31,34)/b6-4+. The molecule has 2 N–H and O–H groups in total. The van der Waals surface area contributed by atoms with Crippen LogP contribution in [0.4, 0.5) is 11.4 Å². The average molecular weight is 498 g/mol. The van der Waals surface area contributed by atoms with E-state index in [2.05, 4.69) is 49.3 Å². The van der Waals surface area contributed by atoms with Crippen LogP contribution in [-0.2, 0) is 6.54 Å². The van der Waals surface area contributed by atoms with Gasteiger partial charge in [0.05, 0.1) is 27.5 Å². The number of aromatic amines is 1. The Hall–Kier alpha value is -3.70. The smallest absolute Gasteiger partial charge is 0.103 e. The van der Waals surface area contributed by atoms with Gasteiger partial charge in [-0.05, 0) is 55.4 Å². The Morgan fingerprint density at radius 3 is 2.72 bits per heavy atom. The van der Waals surface area contributed by atoms with Crippen molar-refractivity contribution in [3.05, 3.63) is 82.0 Å². The highest BCUT2D eigenvalue weighted by Crippen LogP contribution is 2.35. The van der Waals surface area contributed by atoms with Crippen LogP contribution in [0.15, 0.2) is 49.1 Å². The van der Waals surface area contributed by atoms with Gasteiger partial charge in [-0.1, -0.05) is 17.7 Å². The second kappa shape index (κ2) is 10.5. The van der Waals surface area contributed by atoms with Gasteiger partial charge in [0.1, 0.15) is 6.07 Å². The van der Waals surface area contributed by atoms with E-state index in [1.807, 2.05) is 49.7 Å². The molecule has 1 aliphatic rings. The molecule has 8 heteroatoms. The number of fused-ring (bicyclic) bond motifs is 1. The number of rotatable bonds is 6. The number of nitriles is 1. The summed E-state index contributed by atoms with van der Waals surface area (Å²) in [6.45, 7) is 7.32. The summed E-state index contributed by atoms with van der Waals surface area (Å²) in [5.74, 6) is 0. The average Bonchev–Trinajstić information content (AvgIpc) is 3.40. The second-order valence-electron chi connectivity index (χ2n) is 9.19. The van der Waals surface area contributed by atoms with Gasteiger partial charge in [-0.2, -0.15) is 5.26 Å². The third-order valence-electron chi connectivity index (χ3n) is 6.70. The molecule has 4 aromatic rings. The van der Waals surface area contributed by atoms with E-state index in [0.717, 1.165) is 66.1 Å². The zero-order chi connectivity index (χ0) is 25.1. The van der Waals surface area contributed by atoms with Crippen LogP contribution in [0.3, 0.4) is 0 Å². The minimum atomic E-state index is 0.456. The van der Waals surface area contributed by atoms with Crippen molar-refractivity contribution in [2.45, 2.75) is 13.5 Å². The maximum absolute atomic E-state index is 9.74. The number of likely N-dealkylation sites (N-methyl/N-ethyl adjacent to an activating group) is 1. The van der Waals surface area contributed by atoms with Gasteiger partial charge in [-0.25, -0.2) is 0 Å². The molecular formula is C28H28ClN7. The first-order valence-electron chi connectivity index (χ1n) is 12.0. The van der Waals surface area contributed by atoms with Crippen LogP contribution < -0.4 is 5.32 Å². The van der Waals surface area contributed by atoms with Crippen LogP contribution in [0.5, 0.6) is 0 Å². The third kappa shape index (κ3) is 5.12. The number of hydrogen-bond donors (Lipinski definition) is 2. The molecule has 0 atom stereocenters. The maximum atomic E-state index is 9.74. The number of aryl methyl sites for hydroxylation is 1. The number of nitrogens with one attached hydrogen (secondary N) is 2. The molecule has 0 aliphatic carbocycles. The Bertz CT molecular complexity index is 1440. The highest BCUT2D eigenvalue weighted by Gasteiger charge is 2.15. The van der Waals surface area contributed by atoms with Crippen molar-refractivity contribution in [3.63, 3.8) is 0 Å². The molecule has 36 heavy (non-hydrogen) atoms. The van der Waals surface area contributed by atoms with E-state index in [9.17, 15) is 5.26 Å². The maximum Gasteiger partial charge on any atom is 0.103 e. The molecule has 0 amide bonds. The number of H-pyrrole nitrogens is 1. The lowest BCUT2D eigenvalue weighted by atomic mass is 10.1. The Morgan fingerprint density at radius 1 is 1.14 bits per heavy atom. The molecular weight excluding hydrogens is 470 g/mol. The number of hydrogen-bond acceptors (Lipinski definition) is 6. The number of nitrogens with zero attached hydrogens (tertiary/aromatic N) is 5. The topological polar surface area (TPSA) is 83.9 Å². The van der Waals surface area contributed by atoms with Crippen LogP contribution in [-0.4, -0.2) is 58.0 Å². The fourth-order valence-electron chi connectivity index (χ4n) is 4.49. The minimum absolute atomic E-state index is 0.456. The van der Waals surface area contributed by atoms with Crippen molar-refractivity contribution >= 4 is 46.0 Å². The molecule has 1 fully saturated rings. The Labute approximate surface area is 216 Å². The Kier molecular flexibility index (Phi) is 7.01. The normalized spacial score (nSPS) is 14.9. The number of piperazine rings is 1. The highest BCUT2D eigenvalue weighted by atomic mass is 35.5. The van der Waals surface area contributed by atoms with E-state index in [0.29, 0.717) is 16.3 Å². The van der Waals surface area contributed by atoms with E-state index in [1.165, 1.54) is 5.56 Å². The van der Waals surface area contributed by atoms with Gasteiger partial charge >= 0.3 is 0 Å². The fourth-order valence-corrected chi connectivity index (χ4v) is 4.76. The van der Waals surface area contributed by atoms with E-state index in [-0.39, 0.29) is 0 Å². The van der Waals surface area contributed by atoms with E-state index < -0.39 is 0 Å². The summed E-state index contributed by atoms with van der Waals surface area (Å²) >= 11 is 6.50. The lowest BCUT2D eigenvalue weighted by molar-refractivity contribution is 0.148. The Balaban J connectivity index is 1.37. The zero-order valence-corrected chi connectivity index (χ0v) is 21.2. The first-order chi connectivity index (χ1) is 17.5. The second-order valence-corrected chi connectivity index (χ2v) is 9.60. The summed E-state index contributed by atoms with van der Waals surface area (Å²) in [5.41, 5.74) is 6.78. The number of halogens is 1. The van der Waals surface area contributed by atoms with Crippen molar-refractivity contribution < 1.29 is 0 Å². The molecule has 4 heterocycles. The number of anilines is 2. The number of pyridine rings is 2. The quantitative estimate of drug-likeness (QED) is 0.368. The van der Waals surface area contributed by atoms with Crippen molar-refractivity contribution in [2.24, 2.45) is 0 Å². The van der Waals surface area contributed by atoms with Crippen LogP contribution in [0.25, 0.3) is 23.1 Å². The predicted octanol–water partition coefficient (Wildman–Crippen LogP) is 5.45. The van der Waals surface area contributed by atoms with E-state index in [4.69, 9.17) is 11.6 Å². The molecule has 5 rings (SSSR count). The van der Waals surface area contributed by atoms with Crippen LogP contribution in [0.2, 0.25) is 5.02 Å². The molecule has 0 bridgehead atoms. The van der Waals surface area contributed by atoms with Crippen molar-refractivity contribution in [1.29, 1.82) is 5.26 Å². The summed E-state index contributed by atoms with van der Waals surface area (Å²) in [7, 11) is 2.17. The molecule has 7 nitrogen and oxygen atoms in total. The minimum Gasteiger partial charge on any atom is -0.360 e. The van der Waals surface area contributed by atoms with Gasteiger partial charge in [0.15, 0.2) is 0 Å². The lowest BCUT2D eigenvalue weighted by Crippen LogP contribution is -2.43. The monoisotopic (exact) mass is 497 g/mol. The lowest BCUT2D eigenvalue weighted by Gasteiger charge is -2.32. The van der Waals surface area contributed by atoms with Gasteiger partial charge in [-0.15, -0.1) is 0 Å². The molecule has 1 aromatic carbocycles. The number of aromatic nitrogens is 3. The highest BCUT2D eigenvalue weighted by molar-refractivity contribution is 6.35. The van der Waals surface area contributed by atoms with Gasteiger partial charge in [0.25, 0.3) is 0 Å². The first kappa shape index (κ1) is 24.0. The van der Waals surface area contributed by atoms with Gasteiger partial charge in [0, 0.05) is 74.1 Å². The van der Waals surface area contributed by atoms with Crippen molar-refractivity contribution in [3.8, 4) is 6.07 Å². The van der Waals surface area contributed by atoms with Gasteiger partial charge < -0.3 is 15.2 Å². The fraction of sp³-hybridized carbons (Fsp3) is 0.250. The molecule has 1 aliphatic heterocycles. The van der Waals surface area contributed by atoms with Crippen LogP contribution >= 0.6 is 11.6 Å². The molecule has 0 unspecified atom stereocenters. The molecule has 0 saturated carbocycles. The predicted molar refractivity (Wildman–Crippen MR) is 146 cm³/mol. The van der Waals surface area contributed by atoms with Crippen molar-refractivity contribution in [2.75, 3.05) is 38.5 Å². The Morgan fingerprint density at radius 2 is 1.97 bits per heavy atom. The van der Waals surface area contributed by atoms with Gasteiger partial charge in [-0.3, -0.25) is 14.9 Å². The molecule has 0 spiro atoms. The largest absolute Gasteiger partial charge is 0.360 e. The molecule has 182 valence electrons. The zero-order valence-electron chi connectivity index (χ0n) is 20.4. The van der Waals surface area contributed by atoms with E-state index in [1.54, 1.807) is 12.4 Å². The summed E-state index contributed by atoms with van der Waals surface area (Å²) < 4.78 is 0. The first-order valence-corrected chi connectivity index (χ1v) is 12.3. The number of benzene rings is 1. The third-order valence-corrected chi connectivity index (χ3v) is 7.00. The SMILES string of the molecule is Cc1c(Nc2c(C#N)cncc2/C=C/c2ccc(CN3CCN(C)CC3)cn2)cc(Cl)c2[nH]ccc12. The van der Waals surface area contributed by atoms with Crippen LogP contribution in [0.1, 0.15) is 27.9 Å². The summed E-state index contributed by atoms with van der Waals surface area (Å²) in [6.07, 6.45) is 11.0. The molecule has 1 saturated heterocycles. The van der Waals surface area contributed by atoms with Crippen molar-refractivity contribution in [1.82, 2.24) is 24.8 Å².